The number of benzene rings is 1. The Morgan fingerprint density at radius 1 is 1.07 bits per heavy atom. The van der Waals surface area contributed by atoms with Crippen LogP contribution in [0.15, 0.2) is 41.5 Å². The van der Waals surface area contributed by atoms with Crippen LogP contribution in [0.25, 0.3) is 10.8 Å². The Balaban J connectivity index is 1.48. The summed E-state index contributed by atoms with van der Waals surface area (Å²) in [5, 5.41) is 5.52. The molecule has 0 atom stereocenters. The minimum Gasteiger partial charge on any atom is -0.488 e. The number of rotatable bonds is 2. The van der Waals surface area contributed by atoms with Crippen molar-refractivity contribution in [3.05, 3.63) is 52.6 Å². The van der Waals surface area contributed by atoms with Crippen molar-refractivity contribution >= 4 is 28.2 Å². The first-order chi connectivity index (χ1) is 14.6. The van der Waals surface area contributed by atoms with Crippen molar-refractivity contribution in [1.29, 1.82) is 0 Å². The molecule has 1 aromatic carbocycles. The topological polar surface area (TPSA) is 80.6 Å². The van der Waals surface area contributed by atoms with Crippen LogP contribution in [-0.4, -0.2) is 51.8 Å². The van der Waals surface area contributed by atoms with Crippen molar-refractivity contribution in [3.8, 4) is 5.75 Å². The Morgan fingerprint density at radius 2 is 1.90 bits per heavy atom. The van der Waals surface area contributed by atoms with Crippen molar-refractivity contribution in [1.82, 2.24) is 19.7 Å². The minimum absolute atomic E-state index is 0.0124. The van der Waals surface area contributed by atoms with E-state index in [1.807, 2.05) is 28.0 Å². The number of hydrogen-bond acceptors (Lipinski definition) is 6. The predicted molar refractivity (Wildman–Crippen MR) is 113 cm³/mol. The fraction of sp³-hybridized carbons (Fsp3) is 0.364. The second-order valence-corrected chi connectivity index (χ2v) is 7.74. The molecule has 0 saturated carbocycles. The summed E-state index contributed by atoms with van der Waals surface area (Å²) in [4.78, 5) is 33.6. The van der Waals surface area contributed by atoms with Gasteiger partial charge in [-0.15, -0.1) is 0 Å². The zero-order chi connectivity index (χ0) is 20.7. The number of aromatic nitrogens is 3. The van der Waals surface area contributed by atoms with Gasteiger partial charge in [-0.3, -0.25) is 9.59 Å². The molecule has 1 amide bonds. The molecule has 154 valence electrons. The van der Waals surface area contributed by atoms with Crippen molar-refractivity contribution in [3.63, 3.8) is 0 Å². The van der Waals surface area contributed by atoms with Crippen LogP contribution in [0.1, 0.15) is 29.6 Å². The maximum atomic E-state index is 12.8. The van der Waals surface area contributed by atoms with E-state index in [1.165, 1.54) is 11.1 Å². The Morgan fingerprint density at radius 3 is 2.73 bits per heavy atom. The Kier molecular flexibility index (Phi) is 4.61. The number of carbonyl (C=O) groups excluding carboxylic acids is 1. The van der Waals surface area contributed by atoms with Gasteiger partial charge >= 0.3 is 0 Å². The van der Waals surface area contributed by atoms with Crippen LogP contribution in [0.4, 0.5) is 11.5 Å². The maximum absolute atomic E-state index is 12.8. The molecule has 2 aliphatic heterocycles. The third kappa shape index (κ3) is 3.18. The van der Waals surface area contributed by atoms with Gasteiger partial charge < -0.3 is 14.5 Å². The molecule has 0 spiro atoms. The predicted octanol–water partition coefficient (Wildman–Crippen LogP) is 2.49. The lowest BCUT2D eigenvalue weighted by molar-refractivity contribution is 0.0723. The average molecular weight is 405 g/mol. The number of pyridine rings is 1. The number of aryl methyl sites for hydroxylation is 1. The lowest BCUT2D eigenvalue weighted by Crippen LogP contribution is -2.36. The zero-order valence-electron chi connectivity index (χ0n) is 16.9. The van der Waals surface area contributed by atoms with E-state index >= 15 is 0 Å². The van der Waals surface area contributed by atoms with Crippen LogP contribution in [0.2, 0.25) is 0 Å². The first kappa shape index (κ1) is 18.6. The number of likely N-dealkylation sites (tertiary alicyclic amines) is 1. The highest BCUT2D eigenvalue weighted by Gasteiger charge is 2.25. The number of fused-ring (bicyclic) bond motifs is 2. The second-order valence-electron chi connectivity index (χ2n) is 7.74. The van der Waals surface area contributed by atoms with Crippen molar-refractivity contribution in [2.75, 3.05) is 31.1 Å². The van der Waals surface area contributed by atoms with Gasteiger partial charge in [-0.1, -0.05) is 0 Å². The van der Waals surface area contributed by atoms with Crippen LogP contribution in [-0.2, 0) is 7.05 Å². The van der Waals surface area contributed by atoms with Gasteiger partial charge in [-0.05, 0) is 43.5 Å². The highest BCUT2D eigenvalue weighted by molar-refractivity contribution is 5.95. The summed E-state index contributed by atoms with van der Waals surface area (Å²) in [6, 6.07) is 7.46. The van der Waals surface area contributed by atoms with Crippen LogP contribution in [0.3, 0.4) is 0 Å². The van der Waals surface area contributed by atoms with Gasteiger partial charge in [0.05, 0.1) is 23.7 Å². The highest BCUT2D eigenvalue weighted by atomic mass is 16.5. The molecule has 0 aliphatic carbocycles. The monoisotopic (exact) mass is 405 g/mol. The summed E-state index contributed by atoms with van der Waals surface area (Å²) in [7, 11) is 1.64. The standard InChI is InChI=1S/C22H23N5O3/c1-25-22(29)18-6-5-17(11-15(18)14-24-25)27-9-10-30-19-12-16(13-23-20(19)27)21(28)26-7-3-2-4-8-26/h5-6,11-14H,2-4,7-10H2,1H3. The third-order valence-electron chi connectivity index (χ3n) is 5.79. The smallest absolute Gasteiger partial charge is 0.274 e. The van der Waals surface area contributed by atoms with Gasteiger partial charge in [0.25, 0.3) is 11.5 Å². The number of hydrogen-bond donors (Lipinski definition) is 0. The van der Waals surface area contributed by atoms with Gasteiger partial charge in [0.15, 0.2) is 11.6 Å². The summed E-state index contributed by atoms with van der Waals surface area (Å²) in [6.45, 7) is 2.72. The quantitative estimate of drug-likeness (QED) is 0.652. The number of anilines is 2. The summed E-state index contributed by atoms with van der Waals surface area (Å²) < 4.78 is 7.16. The number of nitrogens with zero attached hydrogens (tertiary/aromatic N) is 5. The van der Waals surface area contributed by atoms with E-state index < -0.39 is 0 Å². The normalized spacial score (nSPS) is 16.3. The average Bonchev–Trinajstić information content (AvgIpc) is 2.80. The first-order valence-electron chi connectivity index (χ1n) is 10.3. The number of carbonyl (C=O) groups is 1. The molecule has 0 N–H and O–H groups in total. The number of piperidine rings is 1. The van der Waals surface area contributed by atoms with Crippen LogP contribution < -0.4 is 15.2 Å². The third-order valence-corrected chi connectivity index (χ3v) is 5.79. The molecule has 0 bridgehead atoms. The summed E-state index contributed by atoms with van der Waals surface area (Å²) in [5.74, 6) is 1.29. The van der Waals surface area contributed by atoms with E-state index in [2.05, 4.69) is 10.1 Å². The Labute approximate surface area is 173 Å². The Hall–Kier alpha value is -3.42. The second kappa shape index (κ2) is 7.44. The Bertz CT molecular complexity index is 1180. The molecule has 1 saturated heterocycles. The maximum Gasteiger partial charge on any atom is 0.274 e. The van der Waals surface area contributed by atoms with Gasteiger partial charge in [-0.25, -0.2) is 9.67 Å². The zero-order valence-corrected chi connectivity index (χ0v) is 16.9. The molecule has 8 nitrogen and oxygen atoms in total. The van der Waals surface area contributed by atoms with Gasteiger partial charge in [0.2, 0.25) is 0 Å². The van der Waals surface area contributed by atoms with Crippen molar-refractivity contribution in [2.24, 2.45) is 7.05 Å². The molecule has 1 fully saturated rings. The molecule has 5 rings (SSSR count). The number of amides is 1. The first-order valence-corrected chi connectivity index (χ1v) is 10.3. The molecule has 3 aromatic rings. The van der Waals surface area contributed by atoms with Gasteiger partial charge in [0, 0.05) is 37.4 Å². The lowest BCUT2D eigenvalue weighted by Gasteiger charge is -2.31. The van der Waals surface area contributed by atoms with E-state index in [4.69, 9.17) is 4.74 Å². The molecule has 30 heavy (non-hydrogen) atoms. The van der Waals surface area contributed by atoms with Crippen LogP contribution in [0, 0.1) is 0 Å². The van der Waals surface area contributed by atoms with E-state index in [9.17, 15) is 9.59 Å². The molecule has 0 unspecified atom stereocenters. The minimum atomic E-state index is -0.125. The van der Waals surface area contributed by atoms with Crippen molar-refractivity contribution < 1.29 is 9.53 Å². The molecular formula is C22H23N5O3. The molecule has 2 aromatic heterocycles. The van der Waals surface area contributed by atoms with E-state index in [-0.39, 0.29) is 11.5 Å². The number of ether oxygens (including phenoxy) is 1. The largest absolute Gasteiger partial charge is 0.488 e. The van der Waals surface area contributed by atoms with E-state index in [0.717, 1.165) is 37.0 Å². The van der Waals surface area contributed by atoms with E-state index in [1.54, 1.807) is 25.5 Å². The summed E-state index contributed by atoms with van der Waals surface area (Å²) in [6.07, 6.45) is 6.60. The fourth-order valence-corrected chi connectivity index (χ4v) is 4.14. The summed E-state index contributed by atoms with van der Waals surface area (Å²) >= 11 is 0. The SMILES string of the molecule is Cn1ncc2cc(N3CCOc4cc(C(=O)N5CCCCC5)cnc43)ccc2c1=O. The highest BCUT2D eigenvalue weighted by Crippen LogP contribution is 2.36. The van der Waals surface area contributed by atoms with Gasteiger partial charge in [0.1, 0.15) is 6.61 Å². The molecule has 2 aliphatic rings. The molecule has 4 heterocycles. The molecule has 8 heteroatoms. The molecule has 0 radical (unpaired) electrons. The van der Waals surface area contributed by atoms with Crippen LogP contribution in [0.5, 0.6) is 5.75 Å². The molecular weight excluding hydrogens is 382 g/mol. The fourth-order valence-electron chi connectivity index (χ4n) is 4.14. The van der Waals surface area contributed by atoms with Crippen LogP contribution >= 0.6 is 0 Å². The van der Waals surface area contributed by atoms with Crippen molar-refractivity contribution in [2.45, 2.75) is 19.3 Å². The summed E-state index contributed by atoms with van der Waals surface area (Å²) in [5.41, 5.74) is 1.34. The lowest BCUT2D eigenvalue weighted by atomic mass is 10.1. The van der Waals surface area contributed by atoms with E-state index in [0.29, 0.717) is 35.7 Å². The van der Waals surface area contributed by atoms with Gasteiger partial charge in [-0.2, -0.15) is 5.10 Å².